The number of piperidine rings is 1. The highest BCUT2D eigenvalue weighted by molar-refractivity contribution is 7.89. The number of hydrogen-bond acceptors (Lipinski definition) is 5. The van der Waals surface area contributed by atoms with Crippen molar-refractivity contribution in [2.45, 2.75) is 43.9 Å². The van der Waals surface area contributed by atoms with Gasteiger partial charge in [0.15, 0.2) is 6.61 Å². The number of benzene rings is 2. The summed E-state index contributed by atoms with van der Waals surface area (Å²) in [6, 6.07) is 16.6. The number of ether oxygens (including phenoxy) is 1. The van der Waals surface area contributed by atoms with Crippen LogP contribution in [0, 0.1) is 5.92 Å². The van der Waals surface area contributed by atoms with Crippen LogP contribution in [0.15, 0.2) is 59.5 Å². The zero-order valence-corrected chi connectivity index (χ0v) is 20.0. The molecule has 0 atom stereocenters. The lowest BCUT2D eigenvalue weighted by Gasteiger charge is -2.30. The summed E-state index contributed by atoms with van der Waals surface area (Å²) in [4.78, 5) is 24.6. The van der Waals surface area contributed by atoms with Crippen molar-refractivity contribution in [2.24, 2.45) is 5.92 Å². The molecule has 1 amide bonds. The molecule has 2 aromatic carbocycles. The van der Waals surface area contributed by atoms with Gasteiger partial charge in [0.25, 0.3) is 5.91 Å². The smallest absolute Gasteiger partial charge is 0.309 e. The third-order valence-corrected chi connectivity index (χ3v) is 7.81. The van der Waals surface area contributed by atoms with Gasteiger partial charge in [-0.15, -0.1) is 0 Å². The Kier molecular flexibility index (Phi) is 8.63. The molecule has 178 valence electrons. The first kappa shape index (κ1) is 24.9. The van der Waals surface area contributed by atoms with Crippen molar-refractivity contribution in [3.05, 3.63) is 65.7 Å². The molecule has 1 saturated heterocycles. The predicted octanol–water partition coefficient (Wildman–Crippen LogP) is 3.11. The van der Waals surface area contributed by atoms with Gasteiger partial charge in [0.2, 0.25) is 10.0 Å². The van der Waals surface area contributed by atoms with Crippen LogP contribution in [0.25, 0.3) is 0 Å². The van der Waals surface area contributed by atoms with Crippen LogP contribution < -0.4 is 5.32 Å². The lowest BCUT2D eigenvalue weighted by atomic mass is 9.98. The average Bonchev–Trinajstić information content (AvgIpc) is 2.83. The van der Waals surface area contributed by atoms with Gasteiger partial charge < -0.3 is 10.1 Å². The summed E-state index contributed by atoms with van der Waals surface area (Å²) in [6.45, 7) is 4.93. The number of esters is 1. The number of hydrogen-bond donors (Lipinski definition) is 1. The van der Waals surface area contributed by atoms with Crippen molar-refractivity contribution in [3.63, 3.8) is 0 Å². The molecule has 1 fully saturated rings. The van der Waals surface area contributed by atoms with E-state index >= 15 is 0 Å². The Labute approximate surface area is 196 Å². The minimum Gasteiger partial charge on any atom is -0.455 e. The number of carbonyl (C=O) groups excluding carboxylic acids is 2. The second-order valence-electron chi connectivity index (χ2n) is 8.60. The van der Waals surface area contributed by atoms with Crippen molar-refractivity contribution in [3.8, 4) is 0 Å². The van der Waals surface area contributed by atoms with Crippen LogP contribution in [0.5, 0.6) is 0 Å². The molecule has 1 heterocycles. The molecule has 0 aliphatic carbocycles. The Hall–Kier alpha value is -2.71. The van der Waals surface area contributed by atoms with E-state index in [9.17, 15) is 18.0 Å². The Morgan fingerprint density at radius 1 is 1.03 bits per heavy atom. The third kappa shape index (κ3) is 6.88. The highest BCUT2D eigenvalue weighted by Gasteiger charge is 2.32. The Morgan fingerprint density at radius 3 is 2.27 bits per heavy atom. The van der Waals surface area contributed by atoms with Crippen molar-refractivity contribution in [2.75, 3.05) is 26.2 Å². The average molecular weight is 473 g/mol. The lowest BCUT2D eigenvalue weighted by Crippen LogP contribution is -2.41. The standard InChI is InChI=1S/C25H32N2O5S/c1-19(2)21-10-8-20(9-11-21)12-15-26-24(28)18-32-25(29)22-13-16-27(17-14-22)33(30,31)23-6-4-3-5-7-23/h3-11,19,22H,12-18H2,1-2H3,(H,26,28). The van der Waals surface area contributed by atoms with Crippen molar-refractivity contribution >= 4 is 21.9 Å². The Bertz CT molecular complexity index is 1030. The monoisotopic (exact) mass is 472 g/mol. The number of nitrogens with one attached hydrogen (secondary N) is 1. The van der Waals surface area contributed by atoms with Crippen LogP contribution >= 0.6 is 0 Å². The van der Waals surface area contributed by atoms with E-state index in [1.54, 1.807) is 30.3 Å². The molecule has 0 unspecified atom stereocenters. The number of rotatable bonds is 9. The zero-order valence-electron chi connectivity index (χ0n) is 19.2. The molecule has 0 radical (unpaired) electrons. The molecule has 0 bridgehead atoms. The second kappa shape index (κ2) is 11.4. The summed E-state index contributed by atoms with van der Waals surface area (Å²) in [7, 11) is -3.56. The summed E-state index contributed by atoms with van der Waals surface area (Å²) in [5.74, 6) is -0.717. The fourth-order valence-corrected chi connectivity index (χ4v) is 5.29. The lowest BCUT2D eigenvalue weighted by molar-refractivity contribution is -0.153. The molecule has 1 aliphatic heterocycles. The molecule has 2 aromatic rings. The van der Waals surface area contributed by atoms with E-state index in [4.69, 9.17) is 4.74 Å². The summed E-state index contributed by atoms with van der Waals surface area (Å²) in [5.41, 5.74) is 2.41. The van der Waals surface area contributed by atoms with Gasteiger partial charge in [0, 0.05) is 19.6 Å². The van der Waals surface area contributed by atoms with Crippen LogP contribution in [0.2, 0.25) is 0 Å². The molecule has 7 nitrogen and oxygen atoms in total. The molecule has 0 aromatic heterocycles. The minimum atomic E-state index is -3.56. The van der Waals surface area contributed by atoms with Gasteiger partial charge in [-0.1, -0.05) is 56.3 Å². The summed E-state index contributed by atoms with van der Waals surface area (Å²) in [6.07, 6.45) is 1.45. The van der Waals surface area contributed by atoms with Gasteiger partial charge in [-0.2, -0.15) is 4.31 Å². The molecule has 8 heteroatoms. The first-order valence-corrected chi connectivity index (χ1v) is 12.8. The Morgan fingerprint density at radius 2 is 1.67 bits per heavy atom. The maximum atomic E-state index is 12.7. The molecule has 0 saturated carbocycles. The number of nitrogens with zero attached hydrogens (tertiary/aromatic N) is 1. The molecule has 0 spiro atoms. The third-order valence-electron chi connectivity index (χ3n) is 5.90. The first-order valence-electron chi connectivity index (χ1n) is 11.3. The van der Waals surface area contributed by atoms with Gasteiger partial charge in [-0.3, -0.25) is 9.59 Å². The van der Waals surface area contributed by atoms with Gasteiger partial charge in [0.05, 0.1) is 10.8 Å². The number of amides is 1. The Balaban J connectivity index is 1.36. The van der Waals surface area contributed by atoms with E-state index in [0.29, 0.717) is 31.7 Å². The van der Waals surface area contributed by atoms with Gasteiger partial charge in [0.1, 0.15) is 0 Å². The van der Waals surface area contributed by atoms with E-state index in [2.05, 4.69) is 43.4 Å². The summed E-state index contributed by atoms with van der Waals surface area (Å²) in [5, 5.41) is 2.77. The van der Waals surface area contributed by atoms with E-state index in [0.717, 1.165) is 5.56 Å². The van der Waals surface area contributed by atoms with E-state index in [1.165, 1.54) is 9.87 Å². The minimum absolute atomic E-state index is 0.249. The first-order chi connectivity index (χ1) is 15.8. The molecule has 3 rings (SSSR count). The number of sulfonamides is 1. The highest BCUT2D eigenvalue weighted by Crippen LogP contribution is 2.24. The zero-order chi connectivity index (χ0) is 23.8. The fourth-order valence-electron chi connectivity index (χ4n) is 3.79. The highest BCUT2D eigenvalue weighted by atomic mass is 32.2. The maximum absolute atomic E-state index is 12.7. The molecule has 1 aliphatic rings. The topological polar surface area (TPSA) is 92.8 Å². The van der Waals surface area contributed by atoms with E-state index < -0.39 is 21.9 Å². The van der Waals surface area contributed by atoms with Crippen LogP contribution in [-0.4, -0.2) is 50.8 Å². The van der Waals surface area contributed by atoms with Gasteiger partial charge in [-0.05, 0) is 48.4 Å². The van der Waals surface area contributed by atoms with Crippen LogP contribution in [0.3, 0.4) is 0 Å². The van der Waals surface area contributed by atoms with Gasteiger partial charge in [-0.25, -0.2) is 8.42 Å². The van der Waals surface area contributed by atoms with Crippen molar-refractivity contribution in [1.82, 2.24) is 9.62 Å². The number of carbonyl (C=O) groups is 2. The van der Waals surface area contributed by atoms with E-state index in [-0.39, 0.29) is 30.5 Å². The van der Waals surface area contributed by atoms with Crippen molar-refractivity contribution < 1.29 is 22.7 Å². The summed E-state index contributed by atoms with van der Waals surface area (Å²) < 4.78 is 31.9. The van der Waals surface area contributed by atoms with Gasteiger partial charge >= 0.3 is 5.97 Å². The molecule has 33 heavy (non-hydrogen) atoms. The summed E-state index contributed by atoms with van der Waals surface area (Å²) >= 11 is 0. The SMILES string of the molecule is CC(C)c1ccc(CCNC(=O)COC(=O)C2CCN(S(=O)(=O)c3ccccc3)CC2)cc1. The van der Waals surface area contributed by atoms with Crippen molar-refractivity contribution in [1.29, 1.82) is 0 Å². The fraction of sp³-hybridized carbons (Fsp3) is 0.440. The van der Waals surface area contributed by atoms with Crippen LogP contribution in [0.1, 0.15) is 43.7 Å². The second-order valence-corrected chi connectivity index (χ2v) is 10.5. The molecule has 1 N–H and O–H groups in total. The maximum Gasteiger partial charge on any atom is 0.309 e. The predicted molar refractivity (Wildman–Crippen MR) is 126 cm³/mol. The molecular formula is C25H32N2O5S. The largest absolute Gasteiger partial charge is 0.455 e. The quantitative estimate of drug-likeness (QED) is 0.566. The van der Waals surface area contributed by atoms with E-state index in [1.807, 2.05) is 0 Å². The molecular weight excluding hydrogens is 440 g/mol. The normalized spacial score (nSPS) is 15.4. The van der Waals surface area contributed by atoms with Crippen LogP contribution in [-0.2, 0) is 30.8 Å². The van der Waals surface area contributed by atoms with Crippen LogP contribution in [0.4, 0.5) is 0 Å².